The van der Waals surface area contributed by atoms with Gasteiger partial charge < -0.3 is 9.31 Å². The summed E-state index contributed by atoms with van der Waals surface area (Å²) >= 11 is 0. The summed E-state index contributed by atoms with van der Waals surface area (Å²) < 4.78 is 12.9. The van der Waals surface area contributed by atoms with Crippen molar-refractivity contribution >= 4 is 7.12 Å². The second-order valence-electron chi connectivity index (χ2n) is 8.50. The first-order valence-electron chi connectivity index (χ1n) is 8.78. The van der Waals surface area contributed by atoms with Crippen LogP contribution in [0, 0.1) is 17.3 Å². The van der Waals surface area contributed by atoms with Gasteiger partial charge in [0.2, 0.25) is 0 Å². The minimum Gasteiger partial charge on any atom is -0.405 e. The highest BCUT2D eigenvalue weighted by atomic mass is 16.7. The van der Waals surface area contributed by atoms with Gasteiger partial charge in [0.25, 0.3) is 0 Å². The van der Waals surface area contributed by atoms with Gasteiger partial charge in [-0.25, -0.2) is 0 Å². The van der Waals surface area contributed by atoms with Crippen LogP contribution in [-0.2, 0) is 15.7 Å². The normalized spacial score (nSPS) is 40.0. The van der Waals surface area contributed by atoms with Gasteiger partial charge >= 0.3 is 7.12 Å². The van der Waals surface area contributed by atoms with E-state index in [4.69, 9.17) is 9.31 Å². The van der Waals surface area contributed by atoms with E-state index < -0.39 is 0 Å². The average molecular weight is 298 g/mol. The zero-order chi connectivity index (χ0) is 15.5. The molecule has 5 rings (SSSR count). The number of benzene rings is 1. The second-order valence-corrected chi connectivity index (χ2v) is 8.50. The van der Waals surface area contributed by atoms with Gasteiger partial charge in [-0.15, -0.1) is 0 Å². The van der Waals surface area contributed by atoms with Crippen molar-refractivity contribution < 1.29 is 9.31 Å². The third kappa shape index (κ3) is 2.01. The lowest BCUT2D eigenvalue weighted by molar-refractivity contribution is -0.199. The van der Waals surface area contributed by atoms with Crippen LogP contribution in [0.5, 0.6) is 0 Å². The number of rotatable bonds is 3. The SMILES string of the molecule is CC(Cc1ccccc1)B1O[C@@H]2C[C@@H]3C[C@@H](C3(C)C)[C@]2(C)O1. The molecule has 1 aromatic carbocycles. The van der Waals surface area contributed by atoms with Crippen LogP contribution in [0.15, 0.2) is 30.3 Å². The van der Waals surface area contributed by atoms with E-state index in [0.717, 1.165) is 12.3 Å². The van der Waals surface area contributed by atoms with Gasteiger partial charge in [0.15, 0.2) is 0 Å². The summed E-state index contributed by atoms with van der Waals surface area (Å²) in [6.07, 6.45) is 3.82. The highest BCUT2D eigenvalue weighted by Gasteiger charge is 2.68. The van der Waals surface area contributed by atoms with Gasteiger partial charge in [0.05, 0.1) is 11.7 Å². The summed E-state index contributed by atoms with van der Waals surface area (Å²) in [5, 5.41) is 0. The van der Waals surface area contributed by atoms with Crippen molar-refractivity contribution in [2.24, 2.45) is 17.3 Å². The minimum absolute atomic E-state index is 0.0506. The standard InChI is InChI=1S/C19H27BO2/c1-13(10-14-8-6-5-7-9-14)20-21-17-12-15-11-16(18(15,2)3)19(17,4)22-20/h5-9,13,15-17H,10-12H2,1-4H3/t13?,15-,16-,17+,19-/m0/s1. The Labute approximate surface area is 134 Å². The van der Waals surface area contributed by atoms with E-state index in [1.54, 1.807) is 0 Å². The van der Waals surface area contributed by atoms with Gasteiger partial charge in [0.1, 0.15) is 0 Å². The largest absolute Gasteiger partial charge is 0.461 e. The van der Waals surface area contributed by atoms with Crippen LogP contribution >= 0.6 is 0 Å². The lowest BCUT2D eigenvalue weighted by atomic mass is 9.43. The van der Waals surface area contributed by atoms with Crippen molar-refractivity contribution in [3.05, 3.63) is 35.9 Å². The van der Waals surface area contributed by atoms with Gasteiger partial charge in [0, 0.05) is 0 Å². The van der Waals surface area contributed by atoms with Crippen LogP contribution in [0.4, 0.5) is 0 Å². The van der Waals surface area contributed by atoms with E-state index in [0.29, 0.717) is 23.3 Å². The van der Waals surface area contributed by atoms with Crippen molar-refractivity contribution in [1.29, 1.82) is 0 Å². The molecule has 3 saturated carbocycles. The Kier molecular flexibility index (Phi) is 3.26. The molecule has 0 amide bonds. The minimum atomic E-state index is -0.0755. The summed E-state index contributed by atoms with van der Waals surface area (Å²) in [6.45, 7) is 9.39. The molecule has 118 valence electrons. The van der Waals surface area contributed by atoms with E-state index in [9.17, 15) is 0 Å². The predicted molar refractivity (Wildman–Crippen MR) is 89.7 cm³/mol. The highest BCUT2D eigenvalue weighted by Crippen LogP contribution is 2.66. The van der Waals surface area contributed by atoms with Crippen LogP contribution in [0.2, 0.25) is 5.82 Å². The Morgan fingerprint density at radius 2 is 1.91 bits per heavy atom. The molecule has 1 unspecified atom stereocenters. The van der Waals surface area contributed by atoms with Crippen molar-refractivity contribution in [1.82, 2.24) is 0 Å². The smallest absolute Gasteiger partial charge is 0.405 e. The van der Waals surface area contributed by atoms with E-state index in [-0.39, 0.29) is 12.7 Å². The van der Waals surface area contributed by atoms with Crippen LogP contribution in [-0.4, -0.2) is 18.8 Å². The maximum absolute atomic E-state index is 6.55. The van der Waals surface area contributed by atoms with E-state index in [1.165, 1.54) is 18.4 Å². The maximum atomic E-state index is 6.55. The summed E-state index contributed by atoms with van der Waals surface area (Å²) in [6, 6.07) is 10.7. The first-order chi connectivity index (χ1) is 10.4. The molecule has 2 nitrogen and oxygen atoms in total. The third-order valence-electron chi connectivity index (χ3n) is 6.83. The zero-order valence-corrected chi connectivity index (χ0v) is 14.2. The molecule has 3 heteroatoms. The quantitative estimate of drug-likeness (QED) is 0.772. The molecule has 1 aliphatic heterocycles. The average Bonchev–Trinajstić information content (AvgIpc) is 2.85. The fourth-order valence-electron chi connectivity index (χ4n) is 5.23. The Hall–Kier alpha value is -0.795. The Morgan fingerprint density at radius 3 is 2.59 bits per heavy atom. The molecule has 3 aliphatic carbocycles. The maximum Gasteiger partial charge on any atom is 0.461 e. The van der Waals surface area contributed by atoms with E-state index >= 15 is 0 Å². The molecule has 22 heavy (non-hydrogen) atoms. The molecule has 1 aromatic rings. The van der Waals surface area contributed by atoms with Crippen LogP contribution in [0.25, 0.3) is 0 Å². The van der Waals surface area contributed by atoms with E-state index in [1.807, 2.05) is 0 Å². The van der Waals surface area contributed by atoms with Gasteiger partial charge in [-0.3, -0.25) is 0 Å². The summed E-state index contributed by atoms with van der Waals surface area (Å²) in [7, 11) is -0.0506. The molecular weight excluding hydrogens is 271 g/mol. The predicted octanol–water partition coefficient (Wildman–Crippen LogP) is 4.35. The summed E-state index contributed by atoms with van der Waals surface area (Å²) in [5.74, 6) is 1.87. The van der Waals surface area contributed by atoms with Gasteiger partial charge in [-0.2, -0.15) is 0 Å². The highest BCUT2D eigenvalue weighted by molar-refractivity contribution is 6.47. The molecule has 0 spiro atoms. The van der Waals surface area contributed by atoms with Crippen LogP contribution in [0.1, 0.15) is 46.1 Å². The van der Waals surface area contributed by atoms with Crippen molar-refractivity contribution in [3.63, 3.8) is 0 Å². The Morgan fingerprint density at radius 1 is 1.18 bits per heavy atom. The molecule has 1 heterocycles. The first kappa shape index (κ1) is 14.8. The van der Waals surface area contributed by atoms with Gasteiger partial charge in [-0.05, 0) is 54.8 Å². The number of hydrogen-bond acceptors (Lipinski definition) is 2. The summed E-state index contributed by atoms with van der Waals surface area (Å²) in [4.78, 5) is 0. The van der Waals surface area contributed by atoms with Gasteiger partial charge in [-0.1, -0.05) is 51.1 Å². The fourth-order valence-corrected chi connectivity index (χ4v) is 5.23. The van der Waals surface area contributed by atoms with Crippen molar-refractivity contribution in [3.8, 4) is 0 Å². The lowest BCUT2D eigenvalue weighted by Gasteiger charge is -2.64. The molecule has 0 N–H and O–H groups in total. The zero-order valence-electron chi connectivity index (χ0n) is 14.2. The Bertz CT molecular complexity index is 558. The van der Waals surface area contributed by atoms with Crippen LogP contribution < -0.4 is 0 Å². The third-order valence-corrected chi connectivity index (χ3v) is 6.83. The molecule has 1 saturated heterocycles. The molecule has 2 bridgehead atoms. The van der Waals surface area contributed by atoms with Crippen LogP contribution in [0.3, 0.4) is 0 Å². The molecule has 0 radical (unpaired) electrons. The molecular formula is C19H27BO2. The topological polar surface area (TPSA) is 18.5 Å². The fraction of sp³-hybridized carbons (Fsp3) is 0.684. The molecule has 0 aromatic heterocycles. The number of hydrogen-bond donors (Lipinski definition) is 0. The van der Waals surface area contributed by atoms with E-state index in [2.05, 4.69) is 58.0 Å². The second kappa shape index (κ2) is 4.85. The monoisotopic (exact) mass is 298 g/mol. The molecule has 5 atom stereocenters. The summed E-state index contributed by atoms with van der Waals surface area (Å²) in [5.41, 5.74) is 1.71. The molecule has 4 aliphatic rings. The molecule has 4 fully saturated rings. The van der Waals surface area contributed by atoms with Crippen molar-refractivity contribution in [2.45, 2.75) is 64.5 Å². The Balaban J connectivity index is 1.48. The van der Waals surface area contributed by atoms with Crippen molar-refractivity contribution in [2.75, 3.05) is 0 Å². The first-order valence-corrected chi connectivity index (χ1v) is 8.78. The lowest BCUT2D eigenvalue weighted by Crippen LogP contribution is -2.65.